The zero-order valence-corrected chi connectivity index (χ0v) is 13.3. The van der Waals surface area contributed by atoms with Crippen molar-refractivity contribution in [2.45, 2.75) is 25.5 Å². The summed E-state index contributed by atoms with van der Waals surface area (Å²) in [5.74, 6) is -0.181. The molecule has 1 rings (SSSR count). The van der Waals surface area contributed by atoms with E-state index in [0.717, 1.165) is 5.56 Å². The number of hydrogen-bond acceptors (Lipinski definition) is 3. The average molecular weight is 320 g/mol. The molecule has 0 saturated heterocycles. The van der Waals surface area contributed by atoms with Crippen LogP contribution in [0.1, 0.15) is 24.9 Å². The Balaban J connectivity index is 2.87. The van der Waals surface area contributed by atoms with Crippen LogP contribution in [-0.4, -0.2) is 32.8 Å². The molecule has 2 atom stereocenters. The van der Waals surface area contributed by atoms with Crippen molar-refractivity contribution in [1.29, 1.82) is 0 Å². The number of carbonyl (C=O) groups excluding carboxylic acids is 1. The van der Waals surface area contributed by atoms with Crippen molar-refractivity contribution in [2.75, 3.05) is 20.8 Å². The fraction of sp³-hybridized carbons (Fsp3) is 0.500. The number of halogens is 2. The van der Waals surface area contributed by atoms with Crippen molar-refractivity contribution in [2.24, 2.45) is 0 Å². The minimum absolute atomic E-state index is 0.181. The first kappa shape index (κ1) is 17.2. The summed E-state index contributed by atoms with van der Waals surface area (Å²) in [6.45, 7) is 2.21. The molecule has 1 N–H and O–H groups in total. The third-order valence-electron chi connectivity index (χ3n) is 3.00. The van der Waals surface area contributed by atoms with E-state index in [1.165, 1.54) is 7.11 Å². The van der Waals surface area contributed by atoms with E-state index in [1.54, 1.807) is 26.2 Å². The highest BCUT2D eigenvalue weighted by Gasteiger charge is 2.19. The van der Waals surface area contributed by atoms with Crippen LogP contribution in [0.4, 0.5) is 0 Å². The fourth-order valence-electron chi connectivity index (χ4n) is 1.68. The lowest BCUT2D eigenvalue weighted by Crippen LogP contribution is -2.37. The zero-order valence-electron chi connectivity index (χ0n) is 11.8. The third kappa shape index (κ3) is 4.94. The summed E-state index contributed by atoms with van der Waals surface area (Å²) in [5.41, 5.74) is 0.883. The quantitative estimate of drug-likeness (QED) is 0.839. The summed E-state index contributed by atoms with van der Waals surface area (Å²) in [7, 11) is 3.11. The van der Waals surface area contributed by atoms with E-state index >= 15 is 0 Å². The number of benzene rings is 1. The Bertz CT molecular complexity index is 454. The topological polar surface area (TPSA) is 47.6 Å². The third-order valence-corrected chi connectivity index (χ3v) is 3.73. The molecule has 0 saturated carbocycles. The van der Waals surface area contributed by atoms with Crippen molar-refractivity contribution in [3.8, 4) is 0 Å². The van der Waals surface area contributed by atoms with E-state index in [4.69, 9.17) is 32.7 Å². The molecule has 1 aromatic rings. The first-order valence-electron chi connectivity index (χ1n) is 6.26. The standard InChI is InChI=1S/C14H19Cl2NO3/c1-9(20-3)14(18)17-13(6-7-19-2)10-4-5-11(15)12(16)8-10/h4-5,8-9,13H,6-7H2,1-3H3,(H,17,18)/t9-,13+/m1/s1. The highest BCUT2D eigenvalue weighted by Crippen LogP contribution is 2.27. The van der Waals surface area contributed by atoms with Gasteiger partial charge in [0.15, 0.2) is 0 Å². The van der Waals surface area contributed by atoms with Gasteiger partial charge in [0.2, 0.25) is 5.91 Å². The smallest absolute Gasteiger partial charge is 0.249 e. The predicted molar refractivity (Wildman–Crippen MR) is 80.3 cm³/mol. The molecule has 0 fully saturated rings. The second kappa shape index (κ2) is 8.47. The largest absolute Gasteiger partial charge is 0.385 e. The van der Waals surface area contributed by atoms with Gasteiger partial charge in [-0.1, -0.05) is 29.3 Å². The number of ether oxygens (including phenoxy) is 2. The van der Waals surface area contributed by atoms with E-state index in [9.17, 15) is 4.79 Å². The van der Waals surface area contributed by atoms with Gasteiger partial charge >= 0.3 is 0 Å². The summed E-state index contributed by atoms with van der Waals surface area (Å²) in [6, 6.07) is 5.11. The summed E-state index contributed by atoms with van der Waals surface area (Å²) >= 11 is 11.9. The molecule has 0 unspecified atom stereocenters. The molecule has 20 heavy (non-hydrogen) atoms. The first-order chi connectivity index (χ1) is 9.49. The fourth-order valence-corrected chi connectivity index (χ4v) is 1.99. The highest BCUT2D eigenvalue weighted by atomic mass is 35.5. The van der Waals surface area contributed by atoms with Crippen molar-refractivity contribution in [3.63, 3.8) is 0 Å². The highest BCUT2D eigenvalue weighted by molar-refractivity contribution is 6.42. The molecule has 0 heterocycles. The van der Waals surface area contributed by atoms with Crippen LogP contribution in [0.25, 0.3) is 0 Å². The number of nitrogens with one attached hydrogen (secondary N) is 1. The molecule has 0 aliphatic rings. The van der Waals surface area contributed by atoms with Crippen LogP contribution in [-0.2, 0) is 14.3 Å². The predicted octanol–water partition coefficient (Wildman–Crippen LogP) is 3.22. The summed E-state index contributed by atoms with van der Waals surface area (Å²) < 4.78 is 10.1. The zero-order chi connectivity index (χ0) is 15.1. The van der Waals surface area contributed by atoms with Crippen LogP contribution >= 0.6 is 23.2 Å². The van der Waals surface area contributed by atoms with Gasteiger partial charge in [-0.05, 0) is 31.0 Å². The van der Waals surface area contributed by atoms with Crippen molar-refractivity contribution < 1.29 is 14.3 Å². The van der Waals surface area contributed by atoms with Crippen LogP contribution in [0.15, 0.2) is 18.2 Å². The van der Waals surface area contributed by atoms with Crippen LogP contribution in [0.2, 0.25) is 10.0 Å². The molecule has 0 aliphatic carbocycles. The van der Waals surface area contributed by atoms with Crippen molar-refractivity contribution >= 4 is 29.1 Å². The van der Waals surface area contributed by atoms with E-state index in [2.05, 4.69) is 5.32 Å². The van der Waals surface area contributed by atoms with Gasteiger partial charge in [0.1, 0.15) is 6.10 Å². The molecule has 4 nitrogen and oxygen atoms in total. The van der Waals surface area contributed by atoms with E-state index in [1.807, 2.05) is 6.07 Å². The Kier molecular flexibility index (Phi) is 7.30. The lowest BCUT2D eigenvalue weighted by atomic mass is 10.0. The lowest BCUT2D eigenvalue weighted by molar-refractivity contribution is -0.131. The maximum Gasteiger partial charge on any atom is 0.249 e. The number of amides is 1. The Morgan fingerprint density at radius 2 is 2.00 bits per heavy atom. The summed E-state index contributed by atoms with van der Waals surface area (Å²) in [6.07, 6.45) is 0.124. The number of carbonyl (C=O) groups is 1. The van der Waals surface area contributed by atoms with E-state index < -0.39 is 6.10 Å². The Labute approximate surface area is 129 Å². The van der Waals surface area contributed by atoms with Crippen LogP contribution in [0.3, 0.4) is 0 Å². The second-order valence-corrected chi connectivity index (χ2v) is 5.21. The lowest BCUT2D eigenvalue weighted by Gasteiger charge is -2.21. The number of rotatable bonds is 7. The normalized spacial score (nSPS) is 13.8. The van der Waals surface area contributed by atoms with Crippen molar-refractivity contribution in [1.82, 2.24) is 5.32 Å². The SMILES string of the molecule is COCC[C@H](NC(=O)[C@@H](C)OC)c1ccc(Cl)c(Cl)c1. The summed E-state index contributed by atoms with van der Waals surface area (Å²) in [4.78, 5) is 11.9. The Morgan fingerprint density at radius 1 is 1.30 bits per heavy atom. The second-order valence-electron chi connectivity index (χ2n) is 4.39. The molecular weight excluding hydrogens is 301 g/mol. The van der Waals surface area contributed by atoms with Gasteiger partial charge < -0.3 is 14.8 Å². The number of hydrogen-bond donors (Lipinski definition) is 1. The Morgan fingerprint density at radius 3 is 2.55 bits per heavy atom. The van der Waals surface area contributed by atoms with Gasteiger partial charge in [-0.25, -0.2) is 0 Å². The van der Waals surface area contributed by atoms with Crippen LogP contribution in [0, 0.1) is 0 Å². The van der Waals surface area contributed by atoms with E-state index in [-0.39, 0.29) is 11.9 Å². The Hall–Kier alpha value is -0.810. The molecule has 0 aromatic heterocycles. The van der Waals surface area contributed by atoms with Gasteiger partial charge in [-0.2, -0.15) is 0 Å². The van der Waals surface area contributed by atoms with Crippen molar-refractivity contribution in [3.05, 3.63) is 33.8 Å². The number of methoxy groups -OCH3 is 2. The van der Waals surface area contributed by atoms with E-state index in [0.29, 0.717) is 23.1 Å². The minimum atomic E-state index is -0.511. The molecule has 0 bridgehead atoms. The van der Waals surface area contributed by atoms with Crippen LogP contribution in [0.5, 0.6) is 0 Å². The molecule has 0 radical (unpaired) electrons. The molecular formula is C14H19Cl2NO3. The molecule has 6 heteroatoms. The molecule has 0 aliphatic heterocycles. The minimum Gasteiger partial charge on any atom is -0.385 e. The average Bonchev–Trinajstić information content (AvgIpc) is 2.45. The van der Waals surface area contributed by atoms with Crippen LogP contribution < -0.4 is 5.32 Å². The molecule has 1 aromatic carbocycles. The van der Waals surface area contributed by atoms with Gasteiger partial charge in [0, 0.05) is 20.8 Å². The van der Waals surface area contributed by atoms with Gasteiger partial charge in [0.05, 0.1) is 16.1 Å². The van der Waals surface area contributed by atoms with Gasteiger partial charge in [-0.3, -0.25) is 4.79 Å². The monoisotopic (exact) mass is 319 g/mol. The van der Waals surface area contributed by atoms with Gasteiger partial charge in [-0.15, -0.1) is 0 Å². The molecule has 0 spiro atoms. The first-order valence-corrected chi connectivity index (χ1v) is 7.02. The maximum absolute atomic E-state index is 11.9. The molecule has 1 amide bonds. The van der Waals surface area contributed by atoms with Gasteiger partial charge in [0.25, 0.3) is 0 Å². The molecule has 112 valence electrons. The summed E-state index contributed by atoms with van der Waals surface area (Å²) in [5, 5.41) is 3.86. The maximum atomic E-state index is 11.9.